The number of carbonyl (C=O) groups is 1. The maximum Gasteiger partial charge on any atom is 0.258 e. The molecule has 1 heterocycles. The van der Waals surface area contributed by atoms with Gasteiger partial charge in [-0.2, -0.15) is 0 Å². The van der Waals surface area contributed by atoms with Crippen LogP contribution in [0.4, 0.5) is 0 Å². The minimum atomic E-state index is -0.0931. The van der Waals surface area contributed by atoms with E-state index in [9.17, 15) is 4.79 Å². The normalized spacial score (nSPS) is 13.9. The Morgan fingerprint density at radius 1 is 1.26 bits per heavy atom. The molecule has 122 valence electrons. The zero-order valence-corrected chi connectivity index (χ0v) is 14.1. The van der Waals surface area contributed by atoms with Crippen LogP contribution in [0.1, 0.15) is 41.4 Å². The molecule has 23 heavy (non-hydrogen) atoms. The van der Waals surface area contributed by atoms with E-state index < -0.39 is 0 Å². The third-order valence-electron chi connectivity index (χ3n) is 4.43. The van der Waals surface area contributed by atoms with Gasteiger partial charge in [0.25, 0.3) is 5.91 Å². The summed E-state index contributed by atoms with van der Waals surface area (Å²) in [6.07, 6.45) is 2.54. The van der Waals surface area contributed by atoms with E-state index in [1.165, 1.54) is 29.8 Å². The van der Waals surface area contributed by atoms with Crippen molar-refractivity contribution in [1.29, 1.82) is 0 Å². The minimum Gasteiger partial charge on any atom is -0.484 e. The molecule has 0 saturated heterocycles. The summed E-state index contributed by atoms with van der Waals surface area (Å²) in [6, 6.07) is 10.6. The molecule has 0 bridgehead atoms. The van der Waals surface area contributed by atoms with Gasteiger partial charge >= 0.3 is 0 Å². The molecule has 1 aromatic carbocycles. The molecule has 1 aliphatic rings. The maximum atomic E-state index is 12.0. The van der Waals surface area contributed by atoms with E-state index in [1.807, 2.05) is 31.2 Å². The van der Waals surface area contributed by atoms with Gasteiger partial charge in [-0.25, -0.2) is 0 Å². The number of aryl methyl sites for hydroxylation is 2. The first-order valence-electron chi connectivity index (χ1n) is 8.18. The van der Waals surface area contributed by atoms with Crippen molar-refractivity contribution in [3.8, 4) is 5.75 Å². The molecule has 1 N–H and O–H groups in total. The summed E-state index contributed by atoms with van der Waals surface area (Å²) in [5, 5.41) is 2.95. The standard InChI is InChI=1S/C19H24N2O2/c1-13-6-4-5-7-18(13)23-12-19(22)20-11-16-10-14(2)21(15(16)3)17-8-9-17/h4-7,10,17H,8-9,11-12H2,1-3H3,(H,20,22). The Morgan fingerprint density at radius 3 is 2.70 bits per heavy atom. The molecule has 1 aliphatic carbocycles. The van der Waals surface area contributed by atoms with Gasteiger partial charge in [-0.15, -0.1) is 0 Å². The highest BCUT2D eigenvalue weighted by molar-refractivity contribution is 5.77. The van der Waals surface area contributed by atoms with E-state index in [-0.39, 0.29) is 12.5 Å². The number of hydrogen-bond donors (Lipinski definition) is 1. The molecule has 4 heteroatoms. The molecule has 2 aromatic rings. The van der Waals surface area contributed by atoms with Crippen LogP contribution in [0.5, 0.6) is 5.75 Å². The fourth-order valence-corrected chi connectivity index (χ4v) is 3.03. The average Bonchev–Trinajstić information content (AvgIpc) is 3.31. The van der Waals surface area contributed by atoms with Gasteiger partial charge in [0.1, 0.15) is 5.75 Å². The summed E-state index contributed by atoms with van der Waals surface area (Å²) in [4.78, 5) is 12.0. The molecule has 1 amide bonds. The number of aromatic nitrogens is 1. The SMILES string of the molecule is Cc1ccccc1OCC(=O)NCc1cc(C)n(C2CC2)c1C. The van der Waals surface area contributed by atoms with Gasteiger partial charge in [0.2, 0.25) is 0 Å². The van der Waals surface area contributed by atoms with Crippen molar-refractivity contribution in [2.24, 2.45) is 0 Å². The van der Waals surface area contributed by atoms with Crippen molar-refractivity contribution in [3.63, 3.8) is 0 Å². The van der Waals surface area contributed by atoms with Crippen LogP contribution in [0, 0.1) is 20.8 Å². The number of carbonyl (C=O) groups excluding carboxylic acids is 1. The second-order valence-electron chi connectivity index (χ2n) is 6.33. The molecule has 1 fully saturated rings. The second kappa shape index (κ2) is 6.49. The Balaban J connectivity index is 1.53. The topological polar surface area (TPSA) is 43.3 Å². The number of ether oxygens (including phenoxy) is 1. The van der Waals surface area contributed by atoms with E-state index in [2.05, 4.69) is 29.8 Å². The summed E-state index contributed by atoms with van der Waals surface area (Å²) < 4.78 is 7.97. The number of nitrogens with one attached hydrogen (secondary N) is 1. The summed E-state index contributed by atoms with van der Waals surface area (Å²) in [6.45, 7) is 6.85. The largest absolute Gasteiger partial charge is 0.484 e. The number of rotatable bonds is 6. The lowest BCUT2D eigenvalue weighted by atomic mass is 10.2. The quantitative estimate of drug-likeness (QED) is 0.888. The van der Waals surface area contributed by atoms with Crippen molar-refractivity contribution in [2.45, 2.75) is 46.2 Å². The Hall–Kier alpha value is -2.23. The van der Waals surface area contributed by atoms with E-state index in [0.29, 0.717) is 12.6 Å². The smallest absolute Gasteiger partial charge is 0.258 e. The minimum absolute atomic E-state index is 0.0478. The van der Waals surface area contributed by atoms with E-state index in [0.717, 1.165) is 11.3 Å². The van der Waals surface area contributed by atoms with Gasteiger partial charge < -0.3 is 14.6 Å². The average molecular weight is 312 g/mol. The maximum absolute atomic E-state index is 12.0. The van der Waals surface area contributed by atoms with Crippen molar-refractivity contribution < 1.29 is 9.53 Å². The summed E-state index contributed by atoms with van der Waals surface area (Å²) in [7, 11) is 0. The number of nitrogens with zero attached hydrogens (tertiary/aromatic N) is 1. The van der Waals surface area contributed by atoms with Gasteiger partial charge in [0.05, 0.1) is 0 Å². The Bertz CT molecular complexity index is 714. The predicted octanol–water partition coefficient (Wildman–Crippen LogP) is 3.44. The molecule has 3 rings (SSSR count). The molecule has 0 radical (unpaired) electrons. The Morgan fingerprint density at radius 2 is 2.00 bits per heavy atom. The predicted molar refractivity (Wildman–Crippen MR) is 90.7 cm³/mol. The lowest BCUT2D eigenvalue weighted by Crippen LogP contribution is -2.28. The first-order chi connectivity index (χ1) is 11.1. The van der Waals surface area contributed by atoms with Crippen LogP contribution >= 0.6 is 0 Å². The van der Waals surface area contributed by atoms with Gasteiger partial charge in [0.15, 0.2) is 6.61 Å². The monoisotopic (exact) mass is 312 g/mol. The zero-order chi connectivity index (χ0) is 16.4. The van der Waals surface area contributed by atoms with Crippen LogP contribution in [-0.2, 0) is 11.3 Å². The highest BCUT2D eigenvalue weighted by atomic mass is 16.5. The number of benzene rings is 1. The lowest BCUT2D eigenvalue weighted by Gasteiger charge is -2.10. The van der Waals surface area contributed by atoms with E-state index in [1.54, 1.807) is 0 Å². The zero-order valence-electron chi connectivity index (χ0n) is 14.1. The highest BCUT2D eigenvalue weighted by Gasteiger charge is 2.26. The van der Waals surface area contributed by atoms with Crippen LogP contribution in [0.15, 0.2) is 30.3 Å². The fraction of sp³-hybridized carbons (Fsp3) is 0.421. The Labute approximate surface area is 137 Å². The molecular formula is C19H24N2O2. The van der Waals surface area contributed by atoms with Gasteiger partial charge in [-0.05, 0) is 56.9 Å². The molecule has 0 spiro atoms. The number of amides is 1. The second-order valence-corrected chi connectivity index (χ2v) is 6.33. The van der Waals surface area contributed by atoms with Crippen LogP contribution in [0.2, 0.25) is 0 Å². The summed E-state index contributed by atoms with van der Waals surface area (Å²) in [5.74, 6) is 0.666. The van der Waals surface area contributed by atoms with Crippen LogP contribution < -0.4 is 10.1 Å². The van der Waals surface area contributed by atoms with Crippen LogP contribution in [-0.4, -0.2) is 17.1 Å². The Kier molecular flexibility index (Phi) is 4.42. The highest BCUT2D eigenvalue weighted by Crippen LogP contribution is 2.38. The molecule has 1 saturated carbocycles. The fourth-order valence-electron chi connectivity index (χ4n) is 3.03. The molecule has 0 unspecified atom stereocenters. The third kappa shape index (κ3) is 3.58. The summed E-state index contributed by atoms with van der Waals surface area (Å²) >= 11 is 0. The van der Waals surface area contributed by atoms with Gasteiger partial charge in [-0.1, -0.05) is 18.2 Å². The molecule has 4 nitrogen and oxygen atoms in total. The van der Waals surface area contributed by atoms with Crippen molar-refractivity contribution in [2.75, 3.05) is 6.61 Å². The van der Waals surface area contributed by atoms with Crippen LogP contribution in [0.25, 0.3) is 0 Å². The molecular weight excluding hydrogens is 288 g/mol. The molecule has 0 aliphatic heterocycles. The first kappa shape index (κ1) is 15.7. The van der Waals surface area contributed by atoms with Crippen molar-refractivity contribution >= 4 is 5.91 Å². The molecule has 0 atom stereocenters. The number of para-hydroxylation sites is 1. The summed E-state index contributed by atoms with van der Waals surface area (Å²) in [5.41, 5.74) is 4.78. The van der Waals surface area contributed by atoms with Gasteiger partial charge in [0, 0.05) is 24.0 Å². The van der Waals surface area contributed by atoms with Gasteiger partial charge in [-0.3, -0.25) is 4.79 Å². The third-order valence-corrected chi connectivity index (χ3v) is 4.43. The molecule has 1 aromatic heterocycles. The first-order valence-corrected chi connectivity index (χ1v) is 8.18. The van der Waals surface area contributed by atoms with Crippen molar-refractivity contribution in [3.05, 3.63) is 52.8 Å². The lowest BCUT2D eigenvalue weighted by molar-refractivity contribution is -0.123. The van der Waals surface area contributed by atoms with Crippen molar-refractivity contribution in [1.82, 2.24) is 9.88 Å². The van der Waals surface area contributed by atoms with E-state index >= 15 is 0 Å². The van der Waals surface area contributed by atoms with E-state index in [4.69, 9.17) is 4.74 Å². The van der Waals surface area contributed by atoms with Crippen LogP contribution in [0.3, 0.4) is 0 Å². The number of hydrogen-bond acceptors (Lipinski definition) is 2.